The van der Waals surface area contributed by atoms with Crippen molar-refractivity contribution in [3.63, 3.8) is 0 Å². The molecule has 0 radical (unpaired) electrons. The van der Waals surface area contributed by atoms with Crippen LogP contribution in [-0.2, 0) is 11.3 Å². The maximum absolute atomic E-state index is 12.7. The molecule has 1 aliphatic rings. The summed E-state index contributed by atoms with van der Waals surface area (Å²) in [6.45, 7) is 1.36. The van der Waals surface area contributed by atoms with E-state index >= 15 is 0 Å². The van der Waals surface area contributed by atoms with Gasteiger partial charge in [0.05, 0.1) is 38.6 Å². The Morgan fingerprint density at radius 3 is 2.61 bits per heavy atom. The fraction of sp³-hybridized carbons (Fsp3) is 0.357. The number of rotatable bonds is 9. The average molecular weight is 517 g/mol. The van der Waals surface area contributed by atoms with Crippen molar-refractivity contribution in [2.75, 3.05) is 47.3 Å². The van der Waals surface area contributed by atoms with Gasteiger partial charge >= 0.3 is 0 Å². The number of ether oxygens (including phenoxy) is 3. The summed E-state index contributed by atoms with van der Waals surface area (Å²) in [4.78, 5) is 25.6. The molecule has 3 aromatic rings. The molecule has 38 heavy (non-hydrogen) atoms. The van der Waals surface area contributed by atoms with Crippen LogP contribution in [0.3, 0.4) is 0 Å². The minimum absolute atomic E-state index is 0.103. The van der Waals surface area contributed by atoms with Crippen molar-refractivity contribution in [1.29, 1.82) is 5.26 Å². The number of amides is 1. The minimum atomic E-state index is -0.167. The highest BCUT2D eigenvalue weighted by atomic mass is 16.5. The molecule has 2 aromatic carbocycles. The first-order valence-corrected chi connectivity index (χ1v) is 12.3. The first-order valence-electron chi connectivity index (χ1n) is 12.3. The summed E-state index contributed by atoms with van der Waals surface area (Å²) in [7, 11) is 8.30. The van der Waals surface area contributed by atoms with Gasteiger partial charge in [-0.15, -0.1) is 0 Å². The fourth-order valence-electron chi connectivity index (χ4n) is 4.71. The summed E-state index contributed by atoms with van der Waals surface area (Å²) >= 11 is 0. The van der Waals surface area contributed by atoms with Crippen LogP contribution in [0.25, 0.3) is 11.3 Å². The molecule has 0 bridgehead atoms. The van der Waals surface area contributed by atoms with Gasteiger partial charge < -0.3 is 24.4 Å². The van der Waals surface area contributed by atoms with Crippen LogP contribution in [0, 0.1) is 11.3 Å². The summed E-state index contributed by atoms with van der Waals surface area (Å²) in [5, 5.41) is 12.7. The van der Waals surface area contributed by atoms with Gasteiger partial charge in [-0.25, -0.2) is 9.97 Å². The van der Waals surface area contributed by atoms with E-state index in [9.17, 15) is 10.1 Å². The van der Waals surface area contributed by atoms with E-state index in [0.29, 0.717) is 41.0 Å². The molecular formula is C28H32N6O4. The Labute approximate surface area is 222 Å². The number of carbonyl (C=O) groups excluding carboxylic acids is 1. The van der Waals surface area contributed by atoms with Gasteiger partial charge in [-0.05, 0) is 49.7 Å². The molecule has 0 saturated carbocycles. The molecule has 198 valence electrons. The van der Waals surface area contributed by atoms with E-state index in [1.54, 1.807) is 57.6 Å². The molecule has 4 rings (SSSR count). The van der Waals surface area contributed by atoms with Gasteiger partial charge in [0.25, 0.3) is 0 Å². The van der Waals surface area contributed by atoms with E-state index in [0.717, 1.165) is 36.2 Å². The minimum Gasteiger partial charge on any atom is -0.495 e. The number of nitrogens with zero attached hydrogens (tertiary/aromatic N) is 5. The molecule has 1 amide bonds. The van der Waals surface area contributed by atoms with Gasteiger partial charge in [0.2, 0.25) is 11.9 Å². The number of anilines is 2. The Kier molecular flexibility index (Phi) is 8.28. The molecule has 0 spiro atoms. The van der Waals surface area contributed by atoms with Crippen LogP contribution in [0.15, 0.2) is 42.6 Å². The second-order valence-corrected chi connectivity index (χ2v) is 9.15. The van der Waals surface area contributed by atoms with Gasteiger partial charge in [0.15, 0.2) is 11.5 Å². The summed E-state index contributed by atoms with van der Waals surface area (Å²) in [6.07, 6.45) is 3.44. The Morgan fingerprint density at radius 2 is 1.92 bits per heavy atom. The number of benzene rings is 2. The van der Waals surface area contributed by atoms with Crippen LogP contribution >= 0.6 is 0 Å². The Hall–Kier alpha value is -4.36. The largest absolute Gasteiger partial charge is 0.495 e. The number of likely N-dealkylation sites (tertiary alicyclic amines) is 1. The van der Waals surface area contributed by atoms with E-state index < -0.39 is 0 Å². The summed E-state index contributed by atoms with van der Waals surface area (Å²) in [5.41, 5.74) is 3.46. The van der Waals surface area contributed by atoms with Crippen LogP contribution in [0.4, 0.5) is 11.6 Å². The first kappa shape index (κ1) is 26.7. The van der Waals surface area contributed by atoms with Gasteiger partial charge in [0, 0.05) is 49.7 Å². The smallest absolute Gasteiger partial charge is 0.239 e. The number of methoxy groups -OCH3 is 3. The van der Waals surface area contributed by atoms with Crippen molar-refractivity contribution in [2.45, 2.75) is 25.4 Å². The second-order valence-electron chi connectivity index (χ2n) is 9.15. The highest BCUT2D eigenvalue weighted by Gasteiger charge is 2.32. The third-order valence-corrected chi connectivity index (χ3v) is 6.55. The number of hydrogen-bond acceptors (Lipinski definition) is 9. The van der Waals surface area contributed by atoms with Crippen molar-refractivity contribution >= 4 is 17.5 Å². The molecule has 10 heteroatoms. The third kappa shape index (κ3) is 5.63. The number of likely N-dealkylation sites (N-methyl/N-ethyl adjacent to an activating group) is 1. The fourth-order valence-corrected chi connectivity index (χ4v) is 4.71. The number of hydrogen-bond donors (Lipinski definition) is 1. The van der Waals surface area contributed by atoms with Crippen LogP contribution in [0.2, 0.25) is 0 Å². The quantitative estimate of drug-likeness (QED) is 0.453. The Bertz CT molecular complexity index is 1350. The van der Waals surface area contributed by atoms with E-state index in [2.05, 4.69) is 26.3 Å². The normalized spacial score (nSPS) is 15.0. The maximum Gasteiger partial charge on any atom is 0.239 e. The van der Waals surface area contributed by atoms with E-state index in [1.807, 2.05) is 18.2 Å². The summed E-state index contributed by atoms with van der Waals surface area (Å²) in [5.74, 6) is 2.18. The van der Waals surface area contributed by atoms with E-state index in [4.69, 9.17) is 14.2 Å². The lowest BCUT2D eigenvalue weighted by Gasteiger charge is -2.27. The second kappa shape index (κ2) is 11.8. The molecule has 1 atom stereocenters. The number of nitriles is 1. The molecule has 1 aliphatic heterocycles. The molecule has 1 fully saturated rings. The lowest BCUT2D eigenvalue weighted by molar-refractivity contribution is -0.133. The summed E-state index contributed by atoms with van der Waals surface area (Å²) in [6, 6.07) is 12.9. The molecule has 1 N–H and O–H groups in total. The van der Waals surface area contributed by atoms with Crippen LogP contribution in [0.1, 0.15) is 24.0 Å². The standard InChI is InChI=1S/C28H32N6O4/c1-33(2)27(35)23-7-6-12-34(23)17-20-14-21(15-25(37-4)26(20)38-5)31-28-30-11-10-22(32-28)18-8-9-24(36-3)19(13-18)16-29/h8-11,13-15,23H,6-7,12,17H2,1-5H3,(H,30,31,32). The van der Waals surface area contributed by atoms with E-state index in [-0.39, 0.29) is 11.9 Å². The first-order chi connectivity index (χ1) is 18.4. The predicted octanol–water partition coefficient (Wildman–Crippen LogP) is 3.84. The van der Waals surface area contributed by atoms with Gasteiger partial charge in [0.1, 0.15) is 11.8 Å². The van der Waals surface area contributed by atoms with Gasteiger partial charge in [-0.3, -0.25) is 9.69 Å². The van der Waals surface area contributed by atoms with Crippen LogP contribution in [-0.4, -0.2) is 73.7 Å². The van der Waals surface area contributed by atoms with E-state index in [1.165, 1.54) is 7.11 Å². The Morgan fingerprint density at radius 1 is 1.13 bits per heavy atom. The topological polar surface area (TPSA) is 113 Å². The lowest BCUT2D eigenvalue weighted by Crippen LogP contribution is -2.42. The Balaban J connectivity index is 1.63. The lowest BCUT2D eigenvalue weighted by atomic mass is 10.1. The highest BCUT2D eigenvalue weighted by molar-refractivity contribution is 5.81. The van der Waals surface area contributed by atoms with Crippen molar-refractivity contribution in [1.82, 2.24) is 19.8 Å². The molecule has 10 nitrogen and oxygen atoms in total. The van der Waals surface area contributed by atoms with Gasteiger partial charge in [-0.1, -0.05) is 0 Å². The molecule has 1 saturated heterocycles. The van der Waals surface area contributed by atoms with Crippen molar-refractivity contribution in [2.24, 2.45) is 0 Å². The maximum atomic E-state index is 12.7. The predicted molar refractivity (Wildman–Crippen MR) is 144 cm³/mol. The highest BCUT2D eigenvalue weighted by Crippen LogP contribution is 2.37. The number of nitrogens with one attached hydrogen (secondary N) is 1. The third-order valence-electron chi connectivity index (χ3n) is 6.55. The number of carbonyl (C=O) groups is 1. The zero-order chi connectivity index (χ0) is 27.2. The monoisotopic (exact) mass is 516 g/mol. The molecule has 1 unspecified atom stereocenters. The molecule has 1 aromatic heterocycles. The van der Waals surface area contributed by atoms with Crippen molar-refractivity contribution in [3.8, 4) is 34.6 Å². The SMILES string of the molecule is COc1ccc(-c2ccnc(Nc3cc(CN4CCCC4C(=O)N(C)C)c(OC)c(OC)c3)n2)cc1C#N. The van der Waals surface area contributed by atoms with Crippen LogP contribution < -0.4 is 19.5 Å². The molecule has 2 heterocycles. The van der Waals surface area contributed by atoms with Gasteiger partial charge in [-0.2, -0.15) is 5.26 Å². The van der Waals surface area contributed by atoms with Crippen LogP contribution in [0.5, 0.6) is 17.2 Å². The van der Waals surface area contributed by atoms with Crippen molar-refractivity contribution in [3.05, 3.63) is 53.7 Å². The average Bonchev–Trinajstić information content (AvgIpc) is 3.39. The summed E-state index contributed by atoms with van der Waals surface area (Å²) < 4.78 is 16.6. The number of aromatic nitrogens is 2. The zero-order valence-corrected chi connectivity index (χ0v) is 22.3. The zero-order valence-electron chi connectivity index (χ0n) is 22.3. The molecular weight excluding hydrogens is 484 g/mol. The van der Waals surface area contributed by atoms with Crippen molar-refractivity contribution < 1.29 is 19.0 Å². The molecule has 0 aliphatic carbocycles.